The lowest BCUT2D eigenvalue weighted by atomic mass is 10.1. The van der Waals surface area contributed by atoms with Gasteiger partial charge in [0.25, 0.3) is 0 Å². The predicted octanol–water partition coefficient (Wildman–Crippen LogP) is 5.19. The maximum atomic E-state index is 12.1. The molecule has 2 aromatic carbocycles. The fourth-order valence-electron chi connectivity index (χ4n) is 2.39. The fraction of sp³-hybridized carbons (Fsp3) is 0.316. The summed E-state index contributed by atoms with van der Waals surface area (Å²) in [6, 6.07) is 12.9. The van der Waals surface area contributed by atoms with Gasteiger partial charge in [0, 0.05) is 18.4 Å². The van der Waals surface area contributed by atoms with Crippen molar-refractivity contribution in [3.8, 4) is 5.75 Å². The van der Waals surface area contributed by atoms with Gasteiger partial charge in [-0.05, 0) is 31.5 Å². The number of methoxy groups -OCH3 is 1. The Morgan fingerprint density at radius 1 is 1.24 bits per heavy atom. The summed E-state index contributed by atoms with van der Waals surface area (Å²) in [7, 11) is 1.58. The van der Waals surface area contributed by atoms with E-state index in [4.69, 9.17) is 25.8 Å². The van der Waals surface area contributed by atoms with Crippen molar-refractivity contribution in [2.75, 3.05) is 19.0 Å². The molecule has 0 spiro atoms. The van der Waals surface area contributed by atoms with Gasteiger partial charge in [-0.2, -0.15) is 0 Å². The van der Waals surface area contributed by atoms with Gasteiger partial charge in [0.2, 0.25) is 0 Å². The Morgan fingerprint density at radius 2 is 1.96 bits per heavy atom. The fourth-order valence-corrected chi connectivity index (χ4v) is 2.68. The van der Waals surface area contributed by atoms with Crippen LogP contribution in [-0.4, -0.2) is 19.8 Å². The van der Waals surface area contributed by atoms with Crippen LogP contribution in [0.2, 0.25) is 5.02 Å². The molecule has 2 aromatic rings. The second-order valence-corrected chi connectivity index (χ2v) is 5.80. The number of rotatable bonds is 7. The predicted molar refractivity (Wildman–Crippen MR) is 98.3 cm³/mol. The first-order valence-corrected chi connectivity index (χ1v) is 8.39. The van der Waals surface area contributed by atoms with E-state index in [-0.39, 0.29) is 6.10 Å². The van der Waals surface area contributed by atoms with Gasteiger partial charge >= 0.3 is 6.09 Å². The number of halogens is 1. The first-order valence-electron chi connectivity index (χ1n) is 8.01. The van der Waals surface area contributed by atoms with Crippen LogP contribution in [0, 0.1) is 0 Å². The van der Waals surface area contributed by atoms with E-state index in [0.717, 1.165) is 11.1 Å². The van der Waals surface area contributed by atoms with E-state index in [1.54, 1.807) is 19.2 Å². The molecule has 1 unspecified atom stereocenters. The van der Waals surface area contributed by atoms with E-state index in [0.29, 0.717) is 29.7 Å². The number of hydrogen-bond acceptors (Lipinski definition) is 4. The molecular formula is C19H22ClNO4. The summed E-state index contributed by atoms with van der Waals surface area (Å²) in [6.07, 6.45) is -0.919. The second kappa shape index (κ2) is 9.30. The highest BCUT2D eigenvalue weighted by Gasteiger charge is 2.15. The van der Waals surface area contributed by atoms with Crippen LogP contribution in [0.15, 0.2) is 42.5 Å². The minimum atomic E-state index is -0.556. The van der Waals surface area contributed by atoms with Crippen molar-refractivity contribution in [1.82, 2.24) is 0 Å². The molecule has 5 nitrogen and oxygen atoms in total. The number of benzene rings is 2. The maximum Gasteiger partial charge on any atom is 0.412 e. The van der Waals surface area contributed by atoms with E-state index in [9.17, 15) is 4.79 Å². The number of anilines is 1. The first-order chi connectivity index (χ1) is 12.0. The van der Waals surface area contributed by atoms with E-state index < -0.39 is 6.09 Å². The molecular weight excluding hydrogens is 342 g/mol. The van der Waals surface area contributed by atoms with E-state index in [1.807, 2.05) is 44.2 Å². The highest BCUT2D eigenvalue weighted by atomic mass is 35.5. The van der Waals surface area contributed by atoms with Gasteiger partial charge in [0.15, 0.2) is 0 Å². The molecule has 6 heteroatoms. The van der Waals surface area contributed by atoms with Crippen molar-refractivity contribution in [3.63, 3.8) is 0 Å². The highest BCUT2D eigenvalue weighted by Crippen LogP contribution is 2.33. The van der Waals surface area contributed by atoms with Gasteiger partial charge in [0.1, 0.15) is 11.9 Å². The SMILES string of the molecule is CCOc1c(Cl)cc(NC(=O)OC(C)c2ccccc2)cc1COC. The van der Waals surface area contributed by atoms with Gasteiger partial charge in [-0.25, -0.2) is 4.79 Å². The number of ether oxygens (including phenoxy) is 3. The average Bonchev–Trinajstić information content (AvgIpc) is 2.59. The molecule has 0 saturated heterocycles. The minimum Gasteiger partial charge on any atom is -0.492 e. The van der Waals surface area contributed by atoms with E-state index in [1.165, 1.54) is 0 Å². The van der Waals surface area contributed by atoms with Crippen LogP contribution < -0.4 is 10.1 Å². The number of amides is 1. The molecule has 0 saturated carbocycles. The summed E-state index contributed by atoms with van der Waals surface area (Å²) in [6.45, 7) is 4.50. The van der Waals surface area contributed by atoms with E-state index >= 15 is 0 Å². The number of carbonyl (C=O) groups is 1. The molecule has 0 fully saturated rings. The molecule has 0 aliphatic carbocycles. The summed E-state index contributed by atoms with van der Waals surface area (Å²) >= 11 is 6.26. The molecule has 1 atom stereocenters. The Labute approximate surface area is 152 Å². The molecule has 0 bridgehead atoms. The van der Waals surface area contributed by atoms with Crippen molar-refractivity contribution in [3.05, 3.63) is 58.6 Å². The summed E-state index contributed by atoms with van der Waals surface area (Å²) < 4.78 is 16.1. The summed E-state index contributed by atoms with van der Waals surface area (Å²) in [5.74, 6) is 0.558. The molecule has 0 aromatic heterocycles. The number of carbonyl (C=O) groups excluding carboxylic acids is 1. The zero-order chi connectivity index (χ0) is 18.2. The van der Waals surface area contributed by atoms with Crippen LogP contribution in [0.25, 0.3) is 0 Å². The summed E-state index contributed by atoms with van der Waals surface area (Å²) in [5.41, 5.74) is 2.19. The van der Waals surface area contributed by atoms with E-state index in [2.05, 4.69) is 5.32 Å². The molecule has 1 N–H and O–H groups in total. The number of hydrogen-bond donors (Lipinski definition) is 1. The normalized spacial score (nSPS) is 11.7. The second-order valence-electron chi connectivity index (χ2n) is 5.40. The molecule has 0 aliphatic rings. The topological polar surface area (TPSA) is 56.8 Å². The Hall–Kier alpha value is -2.24. The van der Waals surface area contributed by atoms with Crippen LogP contribution in [0.4, 0.5) is 10.5 Å². The monoisotopic (exact) mass is 363 g/mol. The average molecular weight is 364 g/mol. The zero-order valence-electron chi connectivity index (χ0n) is 14.5. The lowest BCUT2D eigenvalue weighted by Crippen LogP contribution is -2.16. The lowest BCUT2D eigenvalue weighted by molar-refractivity contribution is 0.121. The molecule has 0 aliphatic heterocycles. The molecule has 0 radical (unpaired) electrons. The van der Waals surface area contributed by atoms with Gasteiger partial charge in [-0.3, -0.25) is 5.32 Å². The van der Waals surface area contributed by atoms with Crippen LogP contribution in [0.5, 0.6) is 5.75 Å². The summed E-state index contributed by atoms with van der Waals surface area (Å²) in [5, 5.41) is 3.10. The largest absolute Gasteiger partial charge is 0.492 e. The van der Waals surface area contributed by atoms with Gasteiger partial charge in [-0.1, -0.05) is 41.9 Å². The van der Waals surface area contributed by atoms with Gasteiger partial charge in [-0.15, -0.1) is 0 Å². The van der Waals surface area contributed by atoms with Gasteiger partial charge < -0.3 is 14.2 Å². The third-order valence-electron chi connectivity index (χ3n) is 3.51. The highest BCUT2D eigenvalue weighted by molar-refractivity contribution is 6.32. The van der Waals surface area contributed by atoms with Crippen LogP contribution in [-0.2, 0) is 16.1 Å². The number of nitrogens with one attached hydrogen (secondary N) is 1. The Kier molecular flexibility index (Phi) is 7.10. The van der Waals surface area contributed by atoms with Crippen molar-refractivity contribution >= 4 is 23.4 Å². The van der Waals surface area contributed by atoms with Crippen molar-refractivity contribution in [2.45, 2.75) is 26.6 Å². The standard InChI is InChI=1S/C19H22ClNO4/c1-4-24-18-15(12-23-3)10-16(11-17(18)20)21-19(22)25-13(2)14-8-6-5-7-9-14/h5-11,13H,4,12H2,1-3H3,(H,21,22). The molecule has 2 rings (SSSR count). The quantitative estimate of drug-likeness (QED) is 0.735. The Bertz CT molecular complexity index is 706. The van der Waals surface area contributed by atoms with Gasteiger partial charge in [0.05, 0.1) is 18.2 Å². The van der Waals surface area contributed by atoms with Crippen LogP contribution in [0.3, 0.4) is 0 Å². The first kappa shape index (κ1) is 19.1. The third kappa shape index (κ3) is 5.37. The smallest absolute Gasteiger partial charge is 0.412 e. The molecule has 1 amide bonds. The Balaban J connectivity index is 2.09. The van der Waals surface area contributed by atoms with Crippen molar-refractivity contribution in [1.29, 1.82) is 0 Å². The minimum absolute atomic E-state index is 0.319. The summed E-state index contributed by atoms with van der Waals surface area (Å²) in [4.78, 5) is 12.1. The van der Waals surface area contributed by atoms with Crippen molar-refractivity contribution < 1.29 is 19.0 Å². The third-order valence-corrected chi connectivity index (χ3v) is 3.79. The van der Waals surface area contributed by atoms with Crippen LogP contribution >= 0.6 is 11.6 Å². The van der Waals surface area contributed by atoms with Crippen molar-refractivity contribution in [2.24, 2.45) is 0 Å². The Morgan fingerprint density at radius 3 is 2.60 bits per heavy atom. The molecule has 25 heavy (non-hydrogen) atoms. The zero-order valence-corrected chi connectivity index (χ0v) is 15.3. The molecule has 134 valence electrons. The molecule has 0 heterocycles. The lowest BCUT2D eigenvalue weighted by Gasteiger charge is -2.16. The maximum absolute atomic E-state index is 12.1. The van der Waals surface area contributed by atoms with Crippen LogP contribution in [0.1, 0.15) is 31.1 Å².